The summed E-state index contributed by atoms with van der Waals surface area (Å²) in [6.45, 7) is 1.95. The highest BCUT2D eigenvalue weighted by Gasteiger charge is 2.13. The normalized spacial score (nSPS) is 12.7. The molecule has 0 aliphatic heterocycles. The number of hydrogen-bond donors (Lipinski definition) is 1. The van der Waals surface area contributed by atoms with E-state index in [2.05, 4.69) is 4.98 Å². The lowest BCUT2D eigenvalue weighted by molar-refractivity contribution is 0.624. The number of nitrogens with two attached hydrogens (primary N) is 1. The van der Waals surface area contributed by atoms with Crippen LogP contribution in [-0.4, -0.2) is 4.98 Å². The van der Waals surface area contributed by atoms with E-state index in [4.69, 9.17) is 17.3 Å². The molecule has 0 aliphatic carbocycles. The molecule has 1 heterocycles. The van der Waals surface area contributed by atoms with Crippen molar-refractivity contribution < 1.29 is 4.39 Å². The van der Waals surface area contributed by atoms with Crippen LogP contribution in [0.3, 0.4) is 0 Å². The molecule has 0 saturated heterocycles. The second-order valence-corrected chi connectivity index (χ2v) is 5.30. The highest BCUT2D eigenvalue weighted by molar-refractivity contribution is 7.09. The van der Waals surface area contributed by atoms with Gasteiger partial charge in [-0.2, -0.15) is 0 Å². The zero-order valence-corrected chi connectivity index (χ0v) is 10.9. The number of aromatic nitrogens is 1. The van der Waals surface area contributed by atoms with Crippen LogP contribution in [0.1, 0.15) is 22.3 Å². The second kappa shape index (κ2) is 5.12. The van der Waals surface area contributed by atoms with Gasteiger partial charge in [-0.15, -0.1) is 11.3 Å². The summed E-state index contributed by atoms with van der Waals surface area (Å²) in [6, 6.07) is 4.02. The molecule has 5 heteroatoms. The molecule has 0 aliphatic rings. The summed E-state index contributed by atoms with van der Waals surface area (Å²) in [5, 5.41) is 3.36. The minimum Gasteiger partial charge on any atom is -0.324 e. The Labute approximate surface area is 108 Å². The van der Waals surface area contributed by atoms with E-state index in [-0.39, 0.29) is 11.9 Å². The number of rotatable bonds is 3. The van der Waals surface area contributed by atoms with Gasteiger partial charge in [-0.25, -0.2) is 9.37 Å². The Hall–Kier alpha value is -0.970. The van der Waals surface area contributed by atoms with Crippen molar-refractivity contribution in [1.82, 2.24) is 4.98 Å². The number of thiazole rings is 1. The van der Waals surface area contributed by atoms with Crippen LogP contribution < -0.4 is 5.73 Å². The average Bonchev–Trinajstić information content (AvgIpc) is 2.63. The van der Waals surface area contributed by atoms with Gasteiger partial charge in [0.2, 0.25) is 0 Å². The lowest BCUT2D eigenvalue weighted by Gasteiger charge is -2.12. The van der Waals surface area contributed by atoms with E-state index in [1.165, 1.54) is 12.1 Å². The van der Waals surface area contributed by atoms with E-state index in [9.17, 15) is 4.39 Å². The van der Waals surface area contributed by atoms with Crippen LogP contribution >= 0.6 is 22.9 Å². The van der Waals surface area contributed by atoms with Crippen LogP contribution in [0.4, 0.5) is 4.39 Å². The number of benzene rings is 1. The molecule has 1 unspecified atom stereocenters. The summed E-state index contributed by atoms with van der Waals surface area (Å²) >= 11 is 7.55. The van der Waals surface area contributed by atoms with Gasteiger partial charge in [0.1, 0.15) is 5.82 Å². The number of halogens is 2. The molecule has 0 amide bonds. The van der Waals surface area contributed by atoms with E-state index in [0.717, 1.165) is 16.3 Å². The topological polar surface area (TPSA) is 38.9 Å². The summed E-state index contributed by atoms with van der Waals surface area (Å²) in [5.74, 6) is -0.351. The van der Waals surface area contributed by atoms with E-state index in [1.807, 2.05) is 12.3 Å². The maximum Gasteiger partial charge on any atom is 0.124 e. The molecular weight excluding hydrogens is 259 g/mol. The van der Waals surface area contributed by atoms with Gasteiger partial charge in [0.25, 0.3) is 0 Å². The zero-order valence-electron chi connectivity index (χ0n) is 9.28. The van der Waals surface area contributed by atoms with Crippen molar-refractivity contribution in [2.24, 2.45) is 5.73 Å². The molecule has 0 fully saturated rings. The van der Waals surface area contributed by atoms with E-state index in [1.54, 1.807) is 17.4 Å². The minimum atomic E-state index is -0.351. The molecule has 2 nitrogen and oxygen atoms in total. The molecule has 1 aromatic heterocycles. The van der Waals surface area contributed by atoms with Gasteiger partial charge in [-0.3, -0.25) is 0 Å². The summed E-state index contributed by atoms with van der Waals surface area (Å²) in [5.41, 5.74) is 7.74. The summed E-state index contributed by atoms with van der Waals surface area (Å²) in [6.07, 6.45) is 0.607. The standard InChI is InChI=1S/C12H12ClFN2S/c1-7-16-9(6-17-7)5-12(15)10-3-2-8(14)4-11(10)13/h2-4,6,12H,5,15H2,1H3. The van der Waals surface area contributed by atoms with Crippen LogP contribution in [0.2, 0.25) is 5.02 Å². The van der Waals surface area contributed by atoms with Gasteiger partial charge in [0.05, 0.1) is 10.7 Å². The Morgan fingerprint density at radius 1 is 1.53 bits per heavy atom. The third kappa shape index (κ3) is 3.03. The van der Waals surface area contributed by atoms with Crippen molar-refractivity contribution in [1.29, 1.82) is 0 Å². The smallest absolute Gasteiger partial charge is 0.124 e. The van der Waals surface area contributed by atoms with Gasteiger partial charge in [-0.1, -0.05) is 17.7 Å². The third-order valence-corrected chi connectivity index (χ3v) is 3.61. The van der Waals surface area contributed by atoms with Crippen molar-refractivity contribution in [2.75, 3.05) is 0 Å². The zero-order chi connectivity index (χ0) is 12.4. The molecule has 2 rings (SSSR count). The fraction of sp³-hybridized carbons (Fsp3) is 0.250. The monoisotopic (exact) mass is 270 g/mol. The predicted molar refractivity (Wildman–Crippen MR) is 68.9 cm³/mol. The first-order chi connectivity index (χ1) is 8.06. The first-order valence-corrected chi connectivity index (χ1v) is 6.43. The van der Waals surface area contributed by atoms with Crippen molar-refractivity contribution >= 4 is 22.9 Å². The number of hydrogen-bond acceptors (Lipinski definition) is 3. The van der Waals surface area contributed by atoms with Crippen molar-refractivity contribution in [3.63, 3.8) is 0 Å². The van der Waals surface area contributed by atoms with Crippen molar-refractivity contribution in [2.45, 2.75) is 19.4 Å². The average molecular weight is 271 g/mol. The quantitative estimate of drug-likeness (QED) is 0.927. The summed E-state index contributed by atoms with van der Waals surface area (Å²) < 4.78 is 12.9. The van der Waals surface area contributed by atoms with Crippen molar-refractivity contribution in [3.05, 3.63) is 50.7 Å². The van der Waals surface area contributed by atoms with Gasteiger partial charge in [0, 0.05) is 22.9 Å². The van der Waals surface area contributed by atoms with Crippen molar-refractivity contribution in [3.8, 4) is 0 Å². The molecule has 0 bridgehead atoms. The predicted octanol–water partition coefficient (Wildman–Crippen LogP) is 3.49. The molecule has 1 aromatic carbocycles. The maximum atomic E-state index is 12.9. The van der Waals surface area contributed by atoms with Crippen LogP contribution in [0.5, 0.6) is 0 Å². The van der Waals surface area contributed by atoms with Crippen LogP contribution in [-0.2, 0) is 6.42 Å². The first kappa shape index (κ1) is 12.5. The van der Waals surface area contributed by atoms with Crippen LogP contribution in [0.15, 0.2) is 23.6 Å². The van der Waals surface area contributed by atoms with Crippen LogP contribution in [0.25, 0.3) is 0 Å². The third-order valence-electron chi connectivity index (χ3n) is 2.46. The number of aryl methyl sites for hydroxylation is 1. The maximum absolute atomic E-state index is 12.9. The Kier molecular flexibility index (Phi) is 3.76. The molecule has 1 atom stereocenters. The van der Waals surface area contributed by atoms with Crippen LogP contribution in [0, 0.1) is 12.7 Å². The molecule has 90 valence electrons. The Balaban J connectivity index is 2.17. The number of nitrogens with zero attached hydrogens (tertiary/aromatic N) is 1. The largest absolute Gasteiger partial charge is 0.324 e. The lowest BCUT2D eigenvalue weighted by Crippen LogP contribution is -2.14. The second-order valence-electron chi connectivity index (χ2n) is 3.83. The van der Waals surface area contributed by atoms with E-state index >= 15 is 0 Å². The molecule has 0 radical (unpaired) electrons. The molecule has 0 saturated carbocycles. The summed E-state index contributed by atoms with van der Waals surface area (Å²) in [4.78, 5) is 4.34. The molecule has 2 N–H and O–H groups in total. The Morgan fingerprint density at radius 3 is 2.88 bits per heavy atom. The van der Waals surface area contributed by atoms with E-state index < -0.39 is 0 Å². The molecule has 17 heavy (non-hydrogen) atoms. The molecule has 0 spiro atoms. The fourth-order valence-corrected chi connectivity index (χ4v) is 2.57. The van der Waals surface area contributed by atoms with Gasteiger partial charge in [0.15, 0.2) is 0 Å². The fourth-order valence-electron chi connectivity index (χ4n) is 1.64. The Bertz CT molecular complexity index is 527. The van der Waals surface area contributed by atoms with Gasteiger partial charge >= 0.3 is 0 Å². The first-order valence-electron chi connectivity index (χ1n) is 5.18. The highest BCUT2D eigenvalue weighted by Crippen LogP contribution is 2.25. The van der Waals surface area contributed by atoms with E-state index in [0.29, 0.717) is 11.4 Å². The summed E-state index contributed by atoms with van der Waals surface area (Å²) in [7, 11) is 0. The molecular formula is C12H12ClFN2S. The molecule has 2 aromatic rings. The van der Waals surface area contributed by atoms with Gasteiger partial charge in [-0.05, 0) is 24.6 Å². The SMILES string of the molecule is Cc1nc(CC(N)c2ccc(F)cc2Cl)cs1. The Morgan fingerprint density at radius 2 is 2.29 bits per heavy atom. The minimum absolute atomic E-state index is 0.260. The van der Waals surface area contributed by atoms with Gasteiger partial charge < -0.3 is 5.73 Å². The lowest BCUT2D eigenvalue weighted by atomic mass is 10.0. The highest BCUT2D eigenvalue weighted by atomic mass is 35.5.